The third kappa shape index (κ3) is 4.60. The summed E-state index contributed by atoms with van der Waals surface area (Å²) in [6, 6.07) is 11.1. The van der Waals surface area contributed by atoms with Gasteiger partial charge in [-0.1, -0.05) is 30.7 Å². The highest BCUT2D eigenvalue weighted by Gasteiger charge is 2.26. The summed E-state index contributed by atoms with van der Waals surface area (Å²) in [4.78, 5) is 4.50. The third-order valence-electron chi connectivity index (χ3n) is 4.61. The highest BCUT2D eigenvalue weighted by atomic mass is 32.2. The number of sulfonamides is 1. The van der Waals surface area contributed by atoms with E-state index in [9.17, 15) is 8.42 Å². The van der Waals surface area contributed by atoms with Crippen LogP contribution in [-0.4, -0.2) is 42.4 Å². The van der Waals surface area contributed by atoms with Crippen LogP contribution in [0.15, 0.2) is 47.5 Å². The second-order valence-corrected chi connectivity index (χ2v) is 8.43. The number of aromatic nitrogens is 1. The fraction of sp³-hybridized carbons (Fsp3) is 0.421. The van der Waals surface area contributed by atoms with Crippen LogP contribution in [0.1, 0.15) is 30.4 Å². The average Bonchev–Trinajstić information content (AvgIpc) is 2.69. The number of aliphatic hydroxyl groups excluding tert-OH is 1. The molecule has 1 aromatic heterocycles. The predicted molar refractivity (Wildman–Crippen MR) is 101 cm³/mol. The summed E-state index contributed by atoms with van der Waals surface area (Å²) in [5, 5.41) is 12.3. The van der Waals surface area contributed by atoms with Crippen LogP contribution in [0.4, 0.5) is 5.82 Å². The van der Waals surface area contributed by atoms with Crippen molar-refractivity contribution in [3.8, 4) is 0 Å². The molecule has 1 aliphatic rings. The van der Waals surface area contributed by atoms with Crippen molar-refractivity contribution < 1.29 is 13.5 Å². The van der Waals surface area contributed by atoms with Gasteiger partial charge in [-0.05, 0) is 42.5 Å². The third-order valence-corrected chi connectivity index (χ3v) is 6.50. The summed E-state index contributed by atoms with van der Waals surface area (Å²) in [7, 11) is -3.43. The summed E-state index contributed by atoms with van der Waals surface area (Å²) in [6.07, 6.45) is 5.19. The van der Waals surface area contributed by atoms with Gasteiger partial charge in [0.2, 0.25) is 10.0 Å². The van der Waals surface area contributed by atoms with Gasteiger partial charge < -0.3 is 10.4 Å². The first-order valence-electron chi connectivity index (χ1n) is 8.98. The Morgan fingerprint density at radius 2 is 1.69 bits per heavy atom. The fourth-order valence-electron chi connectivity index (χ4n) is 3.04. The van der Waals surface area contributed by atoms with Gasteiger partial charge in [-0.2, -0.15) is 4.31 Å². The molecule has 0 radical (unpaired) electrons. The van der Waals surface area contributed by atoms with Crippen molar-refractivity contribution in [3.05, 3.63) is 53.7 Å². The first-order chi connectivity index (χ1) is 12.6. The van der Waals surface area contributed by atoms with Gasteiger partial charge in [-0.15, -0.1) is 0 Å². The maximum absolute atomic E-state index is 12.6. The van der Waals surface area contributed by atoms with Crippen LogP contribution in [0.3, 0.4) is 0 Å². The number of pyridine rings is 1. The maximum atomic E-state index is 12.6. The molecule has 0 spiro atoms. The summed E-state index contributed by atoms with van der Waals surface area (Å²) in [5.74, 6) is 0.662. The summed E-state index contributed by atoms with van der Waals surface area (Å²) in [6.45, 7) is 1.94. The molecule has 0 bridgehead atoms. The zero-order chi connectivity index (χ0) is 18.4. The standard InChI is InChI=1S/C19H25N3O3S/c23-15-17-6-4-16(5-7-17)10-11-20-19-9-8-18(14-21-19)26(24,25)22-12-2-1-3-13-22/h4-9,14,23H,1-3,10-13,15H2,(H,20,21). The Morgan fingerprint density at radius 1 is 1.00 bits per heavy atom. The number of hydrogen-bond donors (Lipinski definition) is 2. The molecule has 0 aliphatic carbocycles. The van der Waals surface area contributed by atoms with Crippen LogP contribution in [0.2, 0.25) is 0 Å². The number of piperidine rings is 1. The van der Waals surface area contributed by atoms with E-state index in [1.807, 2.05) is 24.3 Å². The number of rotatable bonds is 7. The van der Waals surface area contributed by atoms with E-state index in [2.05, 4.69) is 10.3 Å². The van der Waals surface area contributed by atoms with Crippen LogP contribution >= 0.6 is 0 Å². The smallest absolute Gasteiger partial charge is 0.244 e. The van der Waals surface area contributed by atoms with Crippen LogP contribution in [0.5, 0.6) is 0 Å². The zero-order valence-corrected chi connectivity index (χ0v) is 15.6. The summed E-state index contributed by atoms with van der Waals surface area (Å²) in [5.41, 5.74) is 2.06. The first-order valence-corrected chi connectivity index (χ1v) is 10.4. The molecule has 2 aromatic rings. The van der Waals surface area contributed by atoms with E-state index in [4.69, 9.17) is 5.11 Å². The number of hydrogen-bond acceptors (Lipinski definition) is 5. The molecule has 7 heteroatoms. The Labute approximate surface area is 154 Å². The largest absolute Gasteiger partial charge is 0.392 e. The molecule has 1 aromatic carbocycles. The lowest BCUT2D eigenvalue weighted by molar-refractivity contribution is 0.282. The minimum absolute atomic E-state index is 0.0507. The maximum Gasteiger partial charge on any atom is 0.244 e. The summed E-state index contributed by atoms with van der Waals surface area (Å²) >= 11 is 0. The van der Waals surface area contributed by atoms with E-state index in [1.54, 1.807) is 16.4 Å². The predicted octanol–water partition coefficient (Wildman–Crippen LogP) is 2.40. The van der Waals surface area contributed by atoms with Gasteiger partial charge in [0.1, 0.15) is 10.7 Å². The average molecular weight is 375 g/mol. The van der Waals surface area contributed by atoms with Gasteiger partial charge in [0.15, 0.2) is 0 Å². The number of anilines is 1. The molecule has 0 unspecified atom stereocenters. The molecule has 1 saturated heterocycles. The minimum atomic E-state index is -3.43. The second kappa shape index (κ2) is 8.62. The second-order valence-electron chi connectivity index (χ2n) is 6.50. The van der Waals surface area contributed by atoms with Gasteiger partial charge >= 0.3 is 0 Å². The van der Waals surface area contributed by atoms with E-state index in [0.29, 0.717) is 25.5 Å². The molecule has 2 heterocycles. The van der Waals surface area contributed by atoms with Crippen molar-refractivity contribution in [2.45, 2.75) is 37.2 Å². The van der Waals surface area contributed by atoms with E-state index in [-0.39, 0.29) is 11.5 Å². The molecule has 0 saturated carbocycles. The zero-order valence-electron chi connectivity index (χ0n) is 14.8. The SMILES string of the molecule is O=S(=O)(c1ccc(NCCc2ccc(CO)cc2)nc1)N1CCCCC1. The molecular formula is C19H25N3O3S. The molecule has 0 atom stereocenters. The molecule has 26 heavy (non-hydrogen) atoms. The van der Waals surface area contributed by atoms with Gasteiger partial charge in [0.25, 0.3) is 0 Å². The highest BCUT2D eigenvalue weighted by molar-refractivity contribution is 7.89. The summed E-state index contributed by atoms with van der Waals surface area (Å²) < 4.78 is 26.7. The lowest BCUT2D eigenvalue weighted by atomic mass is 10.1. The number of benzene rings is 1. The number of nitrogens with one attached hydrogen (secondary N) is 1. The van der Waals surface area contributed by atoms with Crippen LogP contribution in [0, 0.1) is 0 Å². The van der Waals surface area contributed by atoms with Crippen LogP contribution in [0.25, 0.3) is 0 Å². The Hall–Kier alpha value is -1.96. The minimum Gasteiger partial charge on any atom is -0.392 e. The molecular weight excluding hydrogens is 350 g/mol. The molecule has 2 N–H and O–H groups in total. The Balaban J connectivity index is 1.55. The van der Waals surface area contributed by atoms with Crippen LogP contribution < -0.4 is 5.32 Å². The molecule has 140 valence electrons. The topological polar surface area (TPSA) is 82.5 Å². The Morgan fingerprint density at radius 3 is 2.31 bits per heavy atom. The fourth-order valence-corrected chi connectivity index (χ4v) is 4.50. The number of nitrogens with zero attached hydrogens (tertiary/aromatic N) is 2. The van der Waals surface area contributed by atoms with Gasteiger partial charge in [0, 0.05) is 25.8 Å². The van der Waals surface area contributed by atoms with Gasteiger partial charge in [0.05, 0.1) is 6.61 Å². The van der Waals surface area contributed by atoms with E-state index in [0.717, 1.165) is 31.2 Å². The van der Waals surface area contributed by atoms with E-state index < -0.39 is 10.0 Å². The molecule has 1 aliphatic heterocycles. The lowest BCUT2D eigenvalue weighted by Gasteiger charge is -2.25. The molecule has 3 rings (SSSR count). The van der Waals surface area contributed by atoms with Crippen LogP contribution in [-0.2, 0) is 23.1 Å². The van der Waals surface area contributed by atoms with Crippen molar-refractivity contribution in [2.75, 3.05) is 25.0 Å². The molecule has 1 fully saturated rings. The Kier molecular flexibility index (Phi) is 6.24. The van der Waals surface area contributed by atoms with Crippen molar-refractivity contribution in [3.63, 3.8) is 0 Å². The van der Waals surface area contributed by atoms with Crippen molar-refractivity contribution in [1.29, 1.82) is 0 Å². The van der Waals surface area contributed by atoms with E-state index in [1.165, 1.54) is 11.8 Å². The van der Waals surface area contributed by atoms with E-state index >= 15 is 0 Å². The van der Waals surface area contributed by atoms with Gasteiger partial charge in [-0.25, -0.2) is 13.4 Å². The highest BCUT2D eigenvalue weighted by Crippen LogP contribution is 2.20. The van der Waals surface area contributed by atoms with Gasteiger partial charge in [-0.3, -0.25) is 0 Å². The Bertz CT molecular complexity index is 799. The van der Waals surface area contributed by atoms with Crippen molar-refractivity contribution in [1.82, 2.24) is 9.29 Å². The quantitative estimate of drug-likeness (QED) is 0.777. The van der Waals surface area contributed by atoms with Crippen molar-refractivity contribution >= 4 is 15.8 Å². The molecule has 0 amide bonds. The monoisotopic (exact) mass is 375 g/mol. The molecule has 6 nitrogen and oxygen atoms in total. The normalized spacial score (nSPS) is 15.7. The lowest BCUT2D eigenvalue weighted by Crippen LogP contribution is -2.35. The van der Waals surface area contributed by atoms with Crippen molar-refractivity contribution in [2.24, 2.45) is 0 Å². The first kappa shape index (κ1) is 18.8. The number of aliphatic hydroxyl groups is 1.